The van der Waals surface area contributed by atoms with Crippen LogP contribution in [-0.2, 0) is 19.1 Å². The molecule has 0 unspecified atom stereocenters. The molecule has 2 aromatic rings. The summed E-state index contributed by atoms with van der Waals surface area (Å²) >= 11 is 0. The number of aromatic nitrogens is 2. The first-order valence-electron chi connectivity index (χ1n) is 12.2. The molecule has 1 fully saturated rings. The summed E-state index contributed by atoms with van der Waals surface area (Å²) in [7, 11) is 1.94. The average Bonchev–Trinajstić information content (AvgIpc) is 3.53. The molecule has 10 heteroatoms. The zero-order chi connectivity index (χ0) is 27.9. The highest BCUT2D eigenvalue weighted by atomic mass is 16.5. The summed E-state index contributed by atoms with van der Waals surface area (Å²) in [5, 5.41) is 20.2. The normalized spacial score (nSPS) is 15.0. The number of benzene rings is 1. The fraction of sp³-hybridized carbons (Fsp3) is 0.321. The summed E-state index contributed by atoms with van der Waals surface area (Å²) in [4.78, 5) is 20.8. The number of carboxylic acids is 1. The number of morpholine rings is 1. The van der Waals surface area contributed by atoms with Crippen LogP contribution in [0, 0.1) is 0 Å². The minimum Gasteiger partial charge on any atom is -0.482 e. The lowest BCUT2D eigenvalue weighted by Crippen LogP contribution is -2.43. The Labute approximate surface area is 223 Å². The predicted octanol–water partition coefficient (Wildman–Crippen LogP) is 3.99. The van der Waals surface area contributed by atoms with Crippen molar-refractivity contribution >= 4 is 23.6 Å². The Morgan fingerprint density at radius 2 is 1.97 bits per heavy atom. The SMILES string of the molecule is C=C1c2cn[nH]c2-c2cccc(NC=O)c21.CNN1CCOCC1.C\C=C(C)/C=C\C(=C/C)OCC(=O)O. The molecule has 10 nitrogen and oxygen atoms in total. The maximum absolute atomic E-state index is 10.5. The maximum atomic E-state index is 10.5. The van der Waals surface area contributed by atoms with Crippen molar-refractivity contribution in [2.24, 2.45) is 0 Å². The summed E-state index contributed by atoms with van der Waals surface area (Å²) in [5.74, 6) is -0.408. The van der Waals surface area contributed by atoms with Gasteiger partial charge in [-0.2, -0.15) is 5.10 Å². The molecule has 4 rings (SSSR count). The number of H-pyrrole nitrogens is 1. The van der Waals surface area contributed by atoms with Gasteiger partial charge < -0.3 is 19.9 Å². The molecule has 2 heterocycles. The minimum absolute atomic E-state index is 0.307. The number of nitrogens with zero attached hydrogens (tertiary/aromatic N) is 2. The van der Waals surface area contributed by atoms with Gasteiger partial charge in [-0.25, -0.2) is 9.80 Å². The second-order valence-corrected chi connectivity index (χ2v) is 8.19. The van der Waals surface area contributed by atoms with E-state index in [1.54, 1.807) is 25.3 Å². The van der Waals surface area contributed by atoms with Gasteiger partial charge in [0.05, 0.1) is 25.1 Å². The first kappa shape index (κ1) is 30.2. The highest BCUT2D eigenvalue weighted by Gasteiger charge is 2.26. The van der Waals surface area contributed by atoms with Gasteiger partial charge in [0.25, 0.3) is 0 Å². The fourth-order valence-electron chi connectivity index (χ4n) is 3.59. The molecule has 1 aliphatic carbocycles. The van der Waals surface area contributed by atoms with Gasteiger partial charge in [0.15, 0.2) is 6.61 Å². The molecule has 0 saturated carbocycles. The van der Waals surface area contributed by atoms with Crippen LogP contribution in [0.1, 0.15) is 31.9 Å². The van der Waals surface area contributed by atoms with Crippen molar-refractivity contribution in [1.82, 2.24) is 20.6 Å². The Bertz CT molecular complexity index is 1180. The number of carbonyl (C=O) groups excluding carboxylic acids is 1. The first-order chi connectivity index (χ1) is 18.4. The van der Waals surface area contributed by atoms with E-state index >= 15 is 0 Å². The fourth-order valence-corrected chi connectivity index (χ4v) is 3.59. The Hall–Kier alpha value is -3.99. The zero-order valence-corrected chi connectivity index (χ0v) is 22.4. The third-order valence-electron chi connectivity index (χ3n) is 5.75. The number of anilines is 1. The largest absolute Gasteiger partial charge is 0.482 e. The van der Waals surface area contributed by atoms with Crippen molar-refractivity contribution in [1.29, 1.82) is 0 Å². The Kier molecular flexibility index (Phi) is 12.7. The monoisotopic (exact) mass is 523 g/mol. The summed E-state index contributed by atoms with van der Waals surface area (Å²) in [6, 6.07) is 5.74. The van der Waals surface area contributed by atoms with E-state index in [1.807, 2.05) is 51.2 Å². The van der Waals surface area contributed by atoms with Gasteiger partial charge in [0.1, 0.15) is 5.76 Å². The van der Waals surface area contributed by atoms with Crippen LogP contribution in [-0.4, -0.2) is 72.7 Å². The molecule has 204 valence electrons. The molecule has 0 atom stereocenters. The molecule has 0 radical (unpaired) electrons. The van der Waals surface area contributed by atoms with E-state index in [-0.39, 0.29) is 6.61 Å². The number of hydrazine groups is 1. The summed E-state index contributed by atoms with van der Waals surface area (Å²) < 4.78 is 10.1. The van der Waals surface area contributed by atoms with Gasteiger partial charge >= 0.3 is 5.97 Å². The van der Waals surface area contributed by atoms with E-state index in [1.165, 1.54) is 0 Å². The van der Waals surface area contributed by atoms with Crippen LogP contribution >= 0.6 is 0 Å². The minimum atomic E-state index is -0.972. The molecule has 2 aliphatic rings. The molecular formula is C28H37N5O5. The number of aromatic amines is 1. The standard InChI is InChI=1S/C12H9N3O.C11H16O3.C5H12N2O/c1-7-9-5-14-15-12(9)8-3-2-4-10(11(7)8)13-6-16;1-4-9(3)6-7-10(5-2)14-8-11(12)13;1-6-7-2-4-8-5-3-7/h2-6H,1H2,(H,13,16)(H,14,15);4-7H,8H2,1-3H3,(H,12,13);6H,2-5H2,1H3/b;7-6-,9-4-,10-5+;. The van der Waals surface area contributed by atoms with Crippen molar-refractivity contribution in [3.8, 4) is 11.3 Å². The van der Waals surface area contributed by atoms with E-state index < -0.39 is 5.97 Å². The molecule has 1 aliphatic heterocycles. The van der Waals surface area contributed by atoms with E-state index in [0.29, 0.717) is 12.2 Å². The summed E-state index contributed by atoms with van der Waals surface area (Å²) in [6.07, 6.45) is 9.73. The molecular weight excluding hydrogens is 486 g/mol. The van der Waals surface area contributed by atoms with Crippen LogP contribution in [0.3, 0.4) is 0 Å². The van der Waals surface area contributed by atoms with E-state index in [9.17, 15) is 9.59 Å². The van der Waals surface area contributed by atoms with Crippen molar-refractivity contribution in [2.75, 3.05) is 45.3 Å². The highest BCUT2D eigenvalue weighted by Crippen LogP contribution is 2.45. The summed E-state index contributed by atoms with van der Waals surface area (Å²) in [5.41, 5.74) is 9.79. The van der Waals surface area contributed by atoms with Crippen LogP contribution in [0.15, 0.2) is 66.6 Å². The quantitative estimate of drug-likeness (QED) is 0.198. The van der Waals surface area contributed by atoms with Gasteiger partial charge in [0, 0.05) is 35.5 Å². The molecule has 0 bridgehead atoms. The van der Waals surface area contributed by atoms with Crippen molar-refractivity contribution in [2.45, 2.75) is 20.8 Å². The van der Waals surface area contributed by atoms with Crippen molar-refractivity contribution in [3.05, 3.63) is 77.7 Å². The Balaban J connectivity index is 0.000000211. The molecule has 1 amide bonds. The Morgan fingerprint density at radius 1 is 1.24 bits per heavy atom. The molecule has 0 spiro atoms. The number of carboxylic acid groups (broad SMARTS) is 1. The molecule has 1 aromatic carbocycles. The van der Waals surface area contributed by atoms with Gasteiger partial charge in [-0.3, -0.25) is 15.3 Å². The molecule has 38 heavy (non-hydrogen) atoms. The topological polar surface area (TPSA) is 129 Å². The average molecular weight is 524 g/mol. The van der Waals surface area contributed by atoms with Crippen LogP contribution < -0.4 is 10.7 Å². The van der Waals surface area contributed by atoms with Crippen molar-refractivity contribution in [3.63, 3.8) is 0 Å². The second kappa shape index (κ2) is 16.0. The van der Waals surface area contributed by atoms with Crippen molar-refractivity contribution < 1.29 is 24.2 Å². The smallest absolute Gasteiger partial charge is 0.341 e. The van der Waals surface area contributed by atoms with E-state index in [0.717, 1.165) is 65.5 Å². The van der Waals surface area contributed by atoms with Crippen LogP contribution in [0.25, 0.3) is 16.8 Å². The molecule has 4 N–H and O–H groups in total. The number of rotatable bonds is 8. The highest BCUT2D eigenvalue weighted by molar-refractivity contribution is 6.04. The number of hydrogen-bond donors (Lipinski definition) is 4. The third kappa shape index (κ3) is 8.84. The maximum Gasteiger partial charge on any atom is 0.341 e. The summed E-state index contributed by atoms with van der Waals surface area (Å²) in [6.45, 7) is 13.2. The number of nitrogens with one attached hydrogen (secondary N) is 3. The van der Waals surface area contributed by atoms with Crippen LogP contribution in [0.2, 0.25) is 0 Å². The number of carbonyl (C=O) groups is 2. The van der Waals surface area contributed by atoms with Gasteiger partial charge in [-0.05, 0) is 51.6 Å². The predicted molar refractivity (Wildman–Crippen MR) is 149 cm³/mol. The lowest BCUT2D eigenvalue weighted by atomic mass is 10.0. The van der Waals surface area contributed by atoms with E-state index in [2.05, 4.69) is 32.5 Å². The zero-order valence-electron chi connectivity index (χ0n) is 22.4. The molecule has 1 saturated heterocycles. The van der Waals surface area contributed by atoms with E-state index in [4.69, 9.17) is 14.6 Å². The lowest BCUT2D eigenvalue weighted by Gasteiger charge is -2.24. The second-order valence-electron chi connectivity index (χ2n) is 8.19. The third-order valence-corrected chi connectivity index (χ3v) is 5.75. The first-order valence-corrected chi connectivity index (χ1v) is 12.2. The number of hydrogen-bond acceptors (Lipinski definition) is 7. The lowest BCUT2D eigenvalue weighted by molar-refractivity contribution is -0.140. The van der Waals surface area contributed by atoms with Gasteiger partial charge in [0.2, 0.25) is 6.41 Å². The van der Waals surface area contributed by atoms with Crippen LogP contribution in [0.5, 0.6) is 0 Å². The number of fused-ring (bicyclic) bond motifs is 3. The number of allylic oxidation sites excluding steroid dienone is 5. The van der Waals surface area contributed by atoms with Crippen LogP contribution in [0.4, 0.5) is 5.69 Å². The van der Waals surface area contributed by atoms with Gasteiger partial charge in [-0.15, -0.1) is 0 Å². The molecule has 1 aromatic heterocycles. The van der Waals surface area contributed by atoms with Gasteiger partial charge in [-0.1, -0.05) is 36.4 Å². The number of amides is 1. The number of ether oxygens (including phenoxy) is 2. The Morgan fingerprint density at radius 3 is 2.55 bits per heavy atom. The number of aliphatic carboxylic acids is 1.